The van der Waals surface area contributed by atoms with Crippen LogP contribution in [0.15, 0.2) is 18.2 Å². The van der Waals surface area contributed by atoms with Crippen molar-refractivity contribution in [3.05, 3.63) is 46.8 Å². The molecule has 0 spiro atoms. The van der Waals surface area contributed by atoms with Gasteiger partial charge in [0.05, 0.1) is 17.0 Å². The van der Waals surface area contributed by atoms with Gasteiger partial charge in [0.25, 0.3) is 0 Å². The summed E-state index contributed by atoms with van der Waals surface area (Å²) in [7, 11) is 1.73. The van der Waals surface area contributed by atoms with Crippen molar-refractivity contribution in [2.24, 2.45) is 7.05 Å². The molecule has 7 heteroatoms. The fourth-order valence-electron chi connectivity index (χ4n) is 1.84. The molecule has 0 fully saturated rings. The van der Waals surface area contributed by atoms with Crippen LogP contribution in [0.1, 0.15) is 28.7 Å². The van der Waals surface area contributed by atoms with Gasteiger partial charge in [0.1, 0.15) is 6.61 Å². The summed E-state index contributed by atoms with van der Waals surface area (Å²) in [4.78, 5) is 11.9. The molecule has 1 aromatic heterocycles. The highest BCUT2D eigenvalue weighted by Gasteiger charge is 2.16. The molecule has 0 aliphatic heterocycles. The maximum Gasteiger partial charge on any atom is 0.340 e. The fourth-order valence-corrected chi connectivity index (χ4v) is 1.84. The number of benzene rings is 1. The second kappa shape index (κ2) is 5.90. The largest absolute Gasteiger partial charge is 0.456 e. The number of nitrogens with two attached hydrogens (primary N) is 1. The van der Waals surface area contributed by atoms with Crippen molar-refractivity contribution >= 4 is 11.7 Å². The molecule has 2 rings (SSSR count). The third-order valence-electron chi connectivity index (χ3n) is 3.05. The molecule has 0 radical (unpaired) electrons. The van der Waals surface area contributed by atoms with Gasteiger partial charge in [0.2, 0.25) is 0 Å². The van der Waals surface area contributed by atoms with Crippen LogP contribution in [0.5, 0.6) is 0 Å². The van der Waals surface area contributed by atoms with E-state index in [1.807, 2.05) is 13.0 Å². The lowest BCUT2D eigenvalue weighted by molar-refractivity contribution is 0.0464. The standard InChI is InChI=1S/C14H15F2N3O2/c1-3-8-4-9(19(2)18-8)7-21-14(20)10-5-11(15)12(16)6-13(10)17/h4-6H,3,7,17H2,1-2H3. The molecule has 0 saturated carbocycles. The first-order valence-electron chi connectivity index (χ1n) is 6.35. The Bertz CT molecular complexity index is 683. The van der Waals surface area contributed by atoms with Gasteiger partial charge in [-0.25, -0.2) is 13.6 Å². The average molecular weight is 295 g/mol. The lowest BCUT2D eigenvalue weighted by atomic mass is 10.1. The minimum atomic E-state index is -1.15. The molecule has 1 heterocycles. The number of halogens is 2. The van der Waals surface area contributed by atoms with Gasteiger partial charge < -0.3 is 10.5 Å². The van der Waals surface area contributed by atoms with E-state index in [2.05, 4.69) is 5.10 Å². The second-order valence-electron chi connectivity index (χ2n) is 4.53. The Morgan fingerprint density at radius 1 is 1.33 bits per heavy atom. The van der Waals surface area contributed by atoms with Crippen LogP contribution in [0.3, 0.4) is 0 Å². The number of nitrogen functional groups attached to an aromatic ring is 1. The highest BCUT2D eigenvalue weighted by Crippen LogP contribution is 2.18. The van der Waals surface area contributed by atoms with Gasteiger partial charge in [-0.15, -0.1) is 0 Å². The lowest BCUT2D eigenvalue weighted by Crippen LogP contribution is -2.11. The van der Waals surface area contributed by atoms with E-state index in [4.69, 9.17) is 10.5 Å². The molecule has 0 amide bonds. The Labute approximate surface area is 120 Å². The monoisotopic (exact) mass is 295 g/mol. The molecule has 2 aromatic rings. The lowest BCUT2D eigenvalue weighted by Gasteiger charge is -2.07. The fraction of sp³-hybridized carbons (Fsp3) is 0.286. The van der Waals surface area contributed by atoms with Gasteiger partial charge in [-0.3, -0.25) is 4.68 Å². The van der Waals surface area contributed by atoms with Gasteiger partial charge in [0, 0.05) is 18.8 Å². The van der Waals surface area contributed by atoms with Gasteiger partial charge in [0.15, 0.2) is 11.6 Å². The number of carbonyl (C=O) groups excluding carboxylic acids is 1. The molecule has 0 aliphatic carbocycles. The van der Waals surface area contributed by atoms with E-state index in [9.17, 15) is 13.6 Å². The number of esters is 1. The van der Waals surface area contributed by atoms with Crippen LogP contribution < -0.4 is 5.73 Å². The van der Waals surface area contributed by atoms with E-state index >= 15 is 0 Å². The highest BCUT2D eigenvalue weighted by molar-refractivity contribution is 5.95. The van der Waals surface area contributed by atoms with Crippen LogP contribution in [-0.2, 0) is 24.8 Å². The number of rotatable bonds is 4. The zero-order valence-corrected chi connectivity index (χ0v) is 11.7. The quantitative estimate of drug-likeness (QED) is 0.693. The summed E-state index contributed by atoms with van der Waals surface area (Å²) in [6.45, 7) is 1.93. The summed E-state index contributed by atoms with van der Waals surface area (Å²) < 4.78 is 32.8. The summed E-state index contributed by atoms with van der Waals surface area (Å²) in [5, 5.41) is 4.21. The number of hydrogen-bond acceptors (Lipinski definition) is 4. The molecular weight excluding hydrogens is 280 g/mol. The number of ether oxygens (including phenoxy) is 1. The van der Waals surface area contributed by atoms with E-state index in [1.165, 1.54) is 0 Å². The van der Waals surface area contributed by atoms with Gasteiger partial charge >= 0.3 is 5.97 Å². The molecule has 0 aliphatic rings. The summed E-state index contributed by atoms with van der Waals surface area (Å²) in [6.07, 6.45) is 0.762. The SMILES string of the molecule is CCc1cc(COC(=O)c2cc(F)c(F)cc2N)n(C)n1. The molecule has 2 N–H and O–H groups in total. The van der Waals surface area contributed by atoms with Crippen molar-refractivity contribution < 1.29 is 18.3 Å². The van der Waals surface area contributed by atoms with Crippen LogP contribution in [0.4, 0.5) is 14.5 Å². The van der Waals surface area contributed by atoms with Gasteiger partial charge in [-0.1, -0.05) is 6.92 Å². The van der Waals surface area contributed by atoms with Crippen molar-refractivity contribution in [3.8, 4) is 0 Å². The average Bonchev–Trinajstić information content (AvgIpc) is 2.80. The first-order chi connectivity index (χ1) is 9.92. The number of carbonyl (C=O) groups is 1. The first-order valence-corrected chi connectivity index (χ1v) is 6.35. The zero-order valence-electron chi connectivity index (χ0n) is 11.7. The van der Waals surface area contributed by atoms with E-state index in [-0.39, 0.29) is 17.9 Å². The predicted octanol–water partition coefficient (Wildman–Crippen LogP) is 2.20. The molecule has 21 heavy (non-hydrogen) atoms. The Morgan fingerprint density at radius 3 is 2.62 bits per heavy atom. The third-order valence-corrected chi connectivity index (χ3v) is 3.05. The minimum Gasteiger partial charge on any atom is -0.456 e. The van der Waals surface area contributed by atoms with E-state index < -0.39 is 17.6 Å². The van der Waals surface area contributed by atoms with E-state index in [0.29, 0.717) is 5.69 Å². The van der Waals surface area contributed by atoms with Gasteiger partial charge in [-0.2, -0.15) is 5.10 Å². The van der Waals surface area contributed by atoms with Crippen LogP contribution in [0, 0.1) is 11.6 Å². The summed E-state index contributed by atoms with van der Waals surface area (Å²) in [5.74, 6) is -3.07. The molecule has 0 bridgehead atoms. The maximum atomic E-state index is 13.1. The summed E-state index contributed by atoms with van der Waals surface area (Å²) in [6, 6.07) is 3.29. The predicted molar refractivity (Wildman–Crippen MR) is 72.5 cm³/mol. The summed E-state index contributed by atoms with van der Waals surface area (Å²) in [5.41, 5.74) is 6.69. The molecule has 5 nitrogen and oxygen atoms in total. The Morgan fingerprint density at radius 2 is 2.00 bits per heavy atom. The maximum absolute atomic E-state index is 13.1. The number of nitrogens with zero attached hydrogens (tertiary/aromatic N) is 2. The normalized spacial score (nSPS) is 10.7. The third kappa shape index (κ3) is 3.18. The van der Waals surface area contributed by atoms with Crippen LogP contribution in [0.25, 0.3) is 0 Å². The number of hydrogen-bond donors (Lipinski definition) is 1. The molecular formula is C14H15F2N3O2. The summed E-state index contributed by atoms with van der Waals surface area (Å²) >= 11 is 0. The van der Waals surface area contributed by atoms with Crippen molar-refractivity contribution in [1.29, 1.82) is 0 Å². The van der Waals surface area contributed by atoms with Crippen molar-refractivity contribution in [1.82, 2.24) is 9.78 Å². The second-order valence-corrected chi connectivity index (χ2v) is 4.53. The first kappa shape index (κ1) is 15.0. The highest BCUT2D eigenvalue weighted by atomic mass is 19.2. The number of aryl methyl sites for hydroxylation is 2. The molecule has 1 aromatic carbocycles. The Kier molecular flexibility index (Phi) is 4.21. The van der Waals surface area contributed by atoms with Gasteiger partial charge in [-0.05, 0) is 18.6 Å². The van der Waals surface area contributed by atoms with Crippen molar-refractivity contribution in [2.45, 2.75) is 20.0 Å². The van der Waals surface area contributed by atoms with Crippen molar-refractivity contribution in [3.63, 3.8) is 0 Å². The van der Waals surface area contributed by atoms with Crippen LogP contribution in [0.2, 0.25) is 0 Å². The van der Waals surface area contributed by atoms with Crippen LogP contribution >= 0.6 is 0 Å². The molecule has 0 unspecified atom stereocenters. The van der Waals surface area contributed by atoms with Crippen molar-refractivity contribution in [2.75, 3.05) is 5.73 Å². The minimum absolute atomic E-state index is 0.0270. The molecule has 0 atom stereocenters. The Balaban J connectivity index is 2.11. The van der Waals surface area contributed by atoms with E-state index in [1.54, 1.807) is 11.7 Å². The topological polar surface area (TPSA) is 70.1 Å². The number of aromatic nitrogens is 2. The zero-order chi connectivity index (χ0) is 15.6. The molecule has 112 valence electrons. The molecule has 0 saturated heterocycles. The van der Waals surface area contributed by atoms with E-state index in [0.717, 1.165) is 24.2 Å². The van der Waals surface area contributed by atoms with Crippen LogP contribution in [-0.4, -0.2) is 15.7 Å². The number of anilines is 1. The smallest absolute Gasteiger partial charge is 0.340 e. The Hall–Kier alpha value is -2.44.